The Morgan fingerprint density at radius 1 is 0.958 bits per heavy atom. The number of amides is 2. The summed E-state index contributed by atoms with van der Waals surface area (Å²) in [5.41, 5.74) is 1.84. The number of carbonyl (C=O) groups excluding carboxylic acids is 1. The molecule has 0 aliphatic carbocycles. The second-order valence-corrected chi connectivity index (χ2v) is 5.03. The van der Waals surface area contributed by atoms with E-state index in [0.29, 0.717) is 28.4 Å². The monoisotopic (exact) mass is 323 g/mol. The lowest BCUT2D eigenvalue weighted by Gasteiger charge is -2.13. The van der Waals surface area contributed by atoms with Crippen molar-refractivity contribution in [3.8, 4) is 11.5 Å². The van der Waals surface area contributed by atoms with Gasteiger partial charge >= 0.3 is 6.03 Å². The first-order valence-corrected chi connectivity index (χ1v) is 7.35. The highest BCUT2D eigenvalue weighted by Gasteiger charge is 2.11. The predicted octanol–water partition coefficient (Wildman–Crippen LogP) is 3.90. The number of nitrogens with one attached hydrogen (secondary N) is 2. The molecule has 0 fully saturated rings. The quantitative estimate of drug-likeness (QED) is 0.764. The van der Waals surface area contributed by atoms with Crippen LogP contribution in [0.25, 0.3) is 10.9 Å². The van der Waals surface area contributed by atoms with Gasteiger partial charge < -0.3 is 20.1 Å². The maximum Gasteiger partial charge on any atom is 0.323 e. The number of ether oxygens (including phenoxy) is 2. The molecule has 2 aromatic carbocycles. The zero-order valence-electron chi connectivity index (χ0n) is 13.4. The second kappa shape index (κ2) is 6.87. The van der Waals surface area contributed by atoms with Crippen molar-refractivity contribution in [3.63, 3.8) is 0 Å². The number of aromatic nitrogens is 1. The van der Waals surface area contributed by atoms with Crippen molar-refractivity contribution in [3.05, 3.63) is 54.7 Å². The Balaban J connectivity index is 1.88. The maximum atomic E-state index is 12.3. The van der Waals surface area contributed by atoms with Crippen molar-refractivity contribution in [2.75, 3.05) is 24.9 Å². The minimum absolute atomic E-state index is 0.389. The summed E-state index contributed by atoms with van der Waals surface area (Å²) < 4.78 is 10.5. The van der Waals surface area contributed by atoms with Crippen LogP contribution in [0.2, 0.25) is 0 Å². The normalized spacial score (nSPS) is 10.2. The Morgan fingerprint density at radius 3 is 2.54 bits per heavy atom. The number of pyridine rings is 1. The molecule has 2 N–H and O–H groups in total. The van der Waals surface area contributed by atoms with Gasteiger partial charge in [0.25, 0.3) is 0 Å². The van der Waals surface area contributed by atoms with Crippen LogP contribution in [0, 0.1) is 0 Å². The zero-order chi connectivity index (χ0) is 16.9. The van der Waals surface area contributed by atoms with Crippen LogP contribution in [0.1, 0.15) is 0 Å². The van der Waals surface area contributed by atoms with Crippen LogP contribution in [-0.2, 0) is 0 Å². The molecule has 2 amide bonds. The number of methoxy groups -OCH3 is 2. The van der Waals surface area contributed by atoms with Gasteiger partial charge in [0.1, 0.15) is 11.5 Å². The Hall–Kier alpha value is -3.28. The number of hydrogen-bond acceptors (Lipinski definition) is 4. The molecule has 0 aliphatic rings. The van der Waals surface area contributed by atoms with Crippen molar-refractivity contribution in [1.82, 2.24) is 4.98 Å². The molecule has 3 aromatic rings. The molecule has 1 heterocycles. The molecule has 3 rings (SSSR count). The summed E-state index contributed by atoms with van der Waals surface area (Å²) in [6.45, 7) is 0. The smallest absolute Gasteiger partial charge is 0.323 e. The molecule has 0 spiro atoms. The van der Waals surface area contributed by atoms with E-state index in [4.69, 9.17) is 9.47 Å². The fourth-order valence-electron chi connectivity index (χ4n) is 2.40. The predicted molar refractivity (Wildman–Crippen MR) is 93.9 cm³/mol. The van der Waals surface area contributed by atoms with Gasteiger partial charge in [-0.3, -0.25) is 4.98 Å². The topological polar surface area (TPSA) is 72.5 Å². The lowest BCUT2D eigenvalue weighted by Crippen LogP contribution is -2.20. The molecule has 0 aliphatic heterocycles. The molecule has 6 heteroatoms. The first-order valence-electron chi connectivity index (χ1n) is 7.35. The highest BCUT2D eigenvalue weighted by Crippen LogP contribution is 2.28. The highest BCUT2D eigenvalue weighted by atomic mass is 16.5. The third-order valence-corrected chi connectivity index (χ3v) is 3.52. The van der Waals surface area contributed by atoms with Crippen LogP contribution >= 0.6 is 0 Å². The zero-order valence-corrected chi connectivity index (χ0v) is 13.4. The van der Waals surface area contributed by atoms with Crippen LogP contribution in [0.3, 0.4) is 0 Å². The molecular weight excluding hydrogens is 306 g/mol. The van der Waals surface area contributed by atoms with Gasteiger partial charge in [-0.05, 0) is 24.3 Å². The number of fused-ring (bicyclic) bond motifs is 1. The number of urea groups is 1. The standard InChI is InChI=1S/C18H17N3O3/c1-23-13-10-12-6-5-9-19-17(12)15(11-13)21-18(22)20-14-7-3-4-8-16(14)24-2/h3-11H,1-2H3,(H2,20,21,22). The summed E-state index contributed by atoms with van der Waals surface area (Å²) in [7, 11) is 3.13. The van der Waals surface area contributed by atoms with Crippen LogP contribution in [0.15, 0.2) is 54.7 Å². The van der Waals surface area contributed by atoms with Gasteiger partial charge in [0, 0.05) is 17.6 Å². The SMILES string of the molecule is COc1cc(NC(=O)Nc2ccccc2OC)c2ncccc2c1. The van der Waals surface area contributed by atoms with Gasteiger partial charge in [-0.15, -0.1) is 0 Å². The molecule has 0 atom stereocenters. The van der Waals surface area contributed by atoms with Crippen LogP contribution < -0.4 is 20.1 Å². The summed E-state index contributed by atoms with van der Waals surface area (Å²) in [6, 6.07) is 14.2. The Bertz CT molecular complexity index is 880. The summed E-state index contributed by atoms with van der Waals surface area (Å²) in [5.74, 6) is 1.23. The Kier molecular flexibility index (Phi) is 4.47. The van der Waals surface area contributed by atoms with Crippen molar-refractivity contribution in [2.24, 2.45) is 0 Å². The van der Waals surface area contributed by atoms with Gasteiger partial charge in [0.05, 0.1) is 31.1 Å². The molecule has 1 aromatic heterocycles. The third-order valence-electron chi connectivity index (χ3n) is 3.52. The maximum absolute atomic E-state index is 12.3. The van der Waals surface area contributed by atoms with E-state index in [-0.39, 0.29) is 6.03 Å². The fourth-order valence-corrected chi connectivity index (χ4v) is 2.40. The van der Waals surface area contributed by atoms with Crippen LogP contribution in [0.5, 0.6) is 11.5 Å². The molecule has 0 radical (unpaired) electrons. The van der Waals surface area contributed by atoms with E-state index in [0.717, 1.165) is 5.39 Å². The molecule has 0 saturated carbocycles. The van der Waals surface area contributed by atoms with Gasteiger partial charge in [-0.1, -0.05) is 18.2 Å². The van der Waals surface area contributed by atoms with Gasteiger partial charge in [-0.25, -0.2) is 4.79 Å². The van der Waals surface area contributed by atoms with Gasteiger partial charge in [0.15, 0.2) is 0 Å². The van der Waals surface area contributed by atoms with Crippen LogP contribution in [0.4, 0.5) is 16.2 Å². The first kappa shape index (κ1) is 15.6. The summed E-state index contributed by atoms with van der Waals surface area (Å²) in [6.07, 6.45) is 1.68. The van der Waals surface area contributed by atoms with E-state index in [1.807, 2.05) is 30.3 Å². The highest BCUT2D eigenvalue weighted by molar-refractivity contribution is 6.06. The molecule has 0 saturated heterocycles. The van der Waals surface area contributed by atoms with Crippen molar-refractivity contribution in [1.29, 1.82) is 0 Å². The van der Waals surface area contributed by atoms with Gasteiger partial charge in [-0.2, -0.15) is 0 Å². The number of rotatable bonds is 4. The van der Waals surface area contributed by atoms with Crippen molar-refractivity contribution < 1.29 is 14.3 Å². The number of hydrogen-bond donors (Lipinski definition) is 2. The van der Waals surface area contributed by atoms with Crippen molar-refractivity contribution in [2.45, 2.75) is 0 Å². The Morgan fingerprint density at radius 2 is 1.75 bits per heavy atom. The molecule has 24 heavy (non-hydrogen) atoms. The minimum atomic E-state index is -0.389. The molecular formula is C18H17N3O3. The fraction of sp³-hybridized carbons (Fsp3) is 0.111. The van der Waals surface area contributed by atoms with E-state index in [9.17, 15) is 4.79 Å². The lowest BCUT2D eigenvalue weighted by atomic mass is 10.2. The van der Waals surface area contributed by atoms with Gasteiger partial charge in [0.2, 0.25) is 0 Å². The number of nitrogens with zero attached hydrogens (tertiary/aromatic N) is 1. The summed E-state index contributed by atoms with van der Waals surface area (Å²) >= 11 is 0. The van der Waals surface area contributed by atoms with E-state index in [1.54, 1.807) is 38.6 Å². The van der Waals surface area contributed by atoms with Crippen molar-refractivity contribution >= 4 is 28.3 Å². The minimum Gasteiger partial charge on any atom is -0.497 e. The third kappa shape index (κ3) is 3.22. The number of carbonyl (C=O) groups is 1. The second-order valence-electron chi connectivity index (χ2n) is 5.03. The summed E-state index contributed by atoms with van der Waals surface area (Å²) in [5, 5.41) is 6.46. The van der Waals surface area contributed by atoms with E-state index in [1.165, 1.54) is 0 Å². The summed E-state index contributed by atoms with van der Waals surface area (Å²) in [4.78, 5) is 16.7. The number of para-hydroxylation sites is 2. The average Bonchev–Trinajstić information content (AvgIpc) is 2.62. The number of benzene rings is 2. The van der Waals surface area contributed by atoms with E-state index >= 15 is 0 Å². The number of anilines is 2. The molecule has 0 bridgehead atoms. The average molecular weight is 323 g/mol. The Labute approximate surface area is 139 Å². The van der Waals surface area contributed by atoms with E-state index in [2.05, 4.69) is 15.6 Å². The first-order chi connectivity index (χ1) is 11.7. The van der Waals surface area contributed by atoms with Crippen LogP contribution in [-0.4, -0.2) is 25.2 Å². The molecule has 122 valence electrons. The largest absolute Gasteiger partial charge is 0.497 e. The van der Waals surface area contributed by atoms with E-state index < -0.39 is 0 Å². The molecule has 0 unspecified atom stereocenters. The lowest BCUT2D eigenvalue weighted by molar-refractivity contribution is 0.262. The molecule has 6 nitrogen and oxygen atoms in total.